The molecule has 18 heavy (non-hydrogen) atoms. The van der Waals surface area contributed by atoms with Crippen LogP contribution in [0.25, 0.3) is 21.7 Å². The lowest BCUT2D eigenvalue weighted by Gasteiger charge is -1.96. The number of nitrogens with one attached hydrogen (secondary N) is 1. The number of imidazole rings is 1. The highest BCUT2D eigenvalue weighted by Crippen LogP contribution is 2.29. The molecule has 0 aliphatic carbocycles. The second-order valence-corrected chi connectivity index (χ2v) is 5.32. The van der Waals surface area contributed by atoms with Gasteiger partial charge in [-0.3, -0.25) is 0 Å². The summed E-state index contributed by atoms with van der Waals surface area (Å²) in [6.45, 7) is 4.01. The largest absolute Gasteiger partial charge is 0.497 e. The zero-order valence-electron chi connectivity index (χ0n) is 10.4. The molecule has 0 spiro atoms. The third kappa shape index (κ3) is 1.76. The summed E-state index contributed by atoms with van der Waals surface area (Å²) in [5, 5.41) is 1.06. The highest BCUT2D eigenvalue weighted by molar-refractivity contribution is 7.15. The molecule has 4 nitrogen and oxygen atoms in total. The van der Waals surface area contributed by atoms with E-state index in [4.69, 9.17) is 4.74 Å². The Labute approximate surface area is 109 Å². The van der Waals surface area contributed by atoms with Gasteiger partial charge in [0, 0.05) is 6.07 Å². The van der Waals surface area contributed by atoms with Crippen molar-refractivity contribution >= 4 is 22.4 Å². The predicted molar refractivity (Wildman–Crippen MR) is 73.2 cm³/mol. The summed E-state index contributed by atoms with van der Waals surface area (Å²) >= 11 is 1.66. The Balaban J connectivity index is 2.16. The third-order valence-corrected chi connectivity index (χ3v) is 3.89. The molecule has 0 fully saturated rings. The average molecular weight is 259 g/mol. The van der Waals surface area contributed by atoms with Crippen LogP contribution in [0, 0.1) is 13.8 Å². The van der Waals surface area contributed by atoms with Gasteiger partial charge < -0.3 is 9.72 Å². The summed E-state index contributed by atoms with van der Waals surface area (Å²) in [7, 11) is 1.66. The van der Waals surface area contributed by atoms with Gasteiger partial charge in [-0.2, -0.15) is 0 Å². The van der Waals surface area contributed by atoms with Gasteiger partial charge in [0.1, 0.15) is 5.75 Å². The molecule has 0 atom stereocenters. The maximum absolute atomic E-state index is 5.21. The summed E-state index contributed by atoms with van der Waals surface area (Å²) < 4.78 is 5.21. The summed E-state index contributed by atoms with van der Waals surface area (Å²) in [5.41, 5.74) is 2.94. The van der Waals surface area contributed by atoms with Gasteiger partial charge in [-0.15, -0.1) is 11.3 Å². The number of rotatable bonds is 2. The van der Waals surface area contributed by atoms with Crippen molar-refractivity contribution in [2.75, 3.05) is 7.11 Å². The Morgan fingerprint density at radius 2 is 2.06 bits per heavy atom. The van der Waals surface area contributed by atoms with Gasteiger partial charge >= 0.3 is 0 Å². The van der Waals surface area contributed by atoms with Crippen molar-refractivity contribution in [3.05, 3.63) is 28.9 Å². The average Bonchev–Trinajstić information content (AvgIpc) is 2.90. The molecular formula is C13H13N3OS. The van der Waals surface area contributed by atoms with E-state index in [2.05, 4.69) is 15.0 Å². The zero-order chi connectivity index (χ0) is 12.7. The minimum atomic E-state index is 0.829. The number of aromatic amines is 1. The Morgan fingerprint density at radius 1 is 1.22 bits per heavy atom. The number of H-pyrrole nitrogens is 1. The molecule has 5 heteroatoms. The molecule has 2 heterocycles. The first-order valence-electron chi connectivity index (χ1n) is 5.65. The highest BCUT2D eigenvalue weighted by Gasteiger charge is 2.12. The first-order chi connectivity index (χ1) is 8.67. The molecule has 1 N–H and O–H groups in total. The summed E-state index contributed by atoms with van der Waals surface area (Å²) in [6, 6.07) is 5.82. The lowest BCUT2D eigenvalue weighted by atomic mass is 10.3. The number of ether oxygens (including phenoxy) is 1. The van der Waals surface area contributed by atoms with Gasteiger partial charge in [0.2, 0.25) is 0 Å². The quantitative estimate of drug-likeness (QED) is 0.768. The van der Waals surface area contributed by atoms with Gasteiger partial charge in [-0.1, -0.05) is 0 Å². The predicted octanol–water partition coefficient (Wildman–Crippen LogP) is 3.31. The smallest absolute Gasteiger partial charge is 0.150 e. The molecule has 0 bridgehead atoms. The van der Waals surface area contributed by atoms with Crippen LogP contribution < -0.4 is 4.74 Å². The monoisotopic (exact) mass is 259 g/mol. The molecule has 0 radical (unpaired) electrons. The SMILES string of the molecule is COc1ccc2nc(-c3sc(C)nc3C)[nH]c2c1. The van der Waals surface area contributed by atoms with Crippen LogP contribution in [0.5, 0.6) is 5.75 Å². The van der Waals surface area contributed by atoms with Crippen LogP contribution in [0.2, 0.25) is 0 Å². The molecule has 3 rings (SSSR count). The first kappa shape index (κ1) is 11.2. The van der Waals surface area contributed by atoms with E-state index in [9.17, 15) is 0 Å². The standard InChI is InChI=1S/C13H13N3OS/c1-7-12(18-8(2)14-7)13-15-10-5-4-9(17-3)6-11(10)16-13/h4-6H,1-3H3,(H,15,16). The van der Waals surface area contributed by atoms with E-state index in [1.807, 2.05) is 32.0 Å². The van der Waals surface area contributed by atoms with E-state index in [1.54, 1.807) is 18.4 Å². The number of aromatic nitrogens is 3. The van der Waals surface area contributed by atoms with Crippen LogP contribution in [0.3, 0.4) is 0 Å². The Morgan fingerprint density at radius 3 is 2.72 bits per heavy atom. The van der Waals surface area contributed by atoms with E-state index in [-0.39, 0.29) is 0 Å². The van der Waals surface area contributed by atoms with Crippen LogP contribution >= 0.6 is 11.3 Å². The summed E-state index contributed by atoms with van der Waals surface area (Å²) in [6.07, 6.45) is 0. The van der Waals surface area contributed by atoms with Crippen molar-refractivity contribution < 1.29 is 4.74 Å². The van der Waals surface area contributed by atoms with Crippen molar-refractivity contribution in [3.63, 3.8) is 0 Å². The van der Waals surface area contributed by atoms with Crippen LogP contribution in [0.15, 0.2) is 18.2 Å². The van der Waals surface area contributed by atoms with Gasteiger partial charge in [-0.05, 0) is 26.0 Å². The highest BCUT2D eigenvalue weighted by atomic mass is 32.1. The Bertz CT molecular complexity index is 714. The van der Waals surface area contributed by atoms with Gasteiger partial charge in [0.25, 0.3) is 0 Å². The normalized spacial score (nSPS) is 11.1. The minimum Gasteiger partial charge on any atom is -0.497 e. The van der Waals surface area contributed by atoms with Crippen molar-refractivity contribution in [2.24, 2.45) is 0 Å². The molecule has 2 aromatic heterocycles. The van der Waals surface area contributed by atoms with Crippen LogP contribution in [0.1, 0.15) is 10.7 Å². The number of aryl methyl sites for hydroxylation is 2. The minimum absolute atomic E-state index is 0.829. The molecule has 1 aromatic carbocycles. The fraction of sp³-hybridized carbons (Fsp3) is 0.231. The van der Waals surface area contributed by atoms with E-state index < -0.39 is 0 Å². The maximum Gasteiger partial charge on any atom is 0.150 e. The second kappa shape index (κ2) is 4.10. The van der Waals surface area contributed by atoms with Gasteiger partial charge in [0.05, 0.1) is 33.7 Å². The zero-order valence-corrected chi connectivity index (χ0v) is 11.3. The molecule has 3 aromatic rings. The molecule has 0 amide bonds. The van der Waals surface area contributed by atoms with Crippen molar-refractivity contribution in [2.45, 2.75) is 13.8 Å². The number of thiazole rings is 1. The van der Waals surface area contributed by atoms with Crippen molar-refractivity contribution in [3.8, 4) is 16.5 Å². The van der Waals surface area contributed by atoms with Gasteiger partial charge in [0.15, 0.2) is 5.82 Å². The molecule has 92 valence electrons. The fourth-order valence-electron chi connectivity index (χ4n) is 1.97. The van der Waals surface area contributed by atoms with Crippen LogP contribution in [-0.4, -0.2) is 22.1 Å². The van der Waals surface area contributed by atoms with Crippen molar-refractivity contribution in [1.29, 1.82) is 0 Å². The summed E-state index contributed by atoms with van der Waals surface area (Å²) in [4.78, 5) is 13.4. The van der Waals surface area contributed by atoms with E-state index in [1.165, 1.54) is 0 Å². The van der Waals surface area contributed by atoms with Crippen LogP contribution in [-0.2, 0) is 0 Å². The number of nitrogens with zero attached hydrogens (tertiary/aromatic N) is 2. The van der Waals surface area contributed by atoms with E-state index >= 15 is 0 Å². The number of benzene rings is 1. The second-order valence-electron chi connectivity index (χ2n) is 4.12. The lowest BCUT2D eigenvalue weighted by molar-refractivity contribution is 0.415. The molecule has 0 aliphatic heterocycles. The van der Waals surface area contributed by atoms with Gasteiger partial charge in [-0.25, -0.2) is 9.97 Å². The number of methoxy groups -OCH3 is 1. The number of hydrogen-bond acceptors (Lipinski definition) is 4. The summed E-state index contributed by atoms with van der Waals surface area (Å²) in [5.74, 6) is 1.70. The number of hydrogen-bond donors (Lipinski definition) is 1. The van der Waals surface area contributed by atoms with Crippen molar-refractivity contribution in [1.82, 2.24) is 15.0 Å². The van der Waals surface area contributed by atoms with E-state index in [0.29, 0.717) is 0 Å². The van der Waals surface area contributed by atoms with E-state index in [0.717, 1.165) is 38.2 Å². The topological polar surface area (TPSA) is 50.8 Å². The Kier molecular flexibility index (Phi) is 2.56. The maximum atomic E-state index is 5.21. The van der Waals surface area contributed by atoms with Crippen LogP contribution in [0.4, 0.5) is 0 Å². The Hall–Kier alpha value is -1.88. The number of fused-ring (bicyclic) bond motifs is 1. The lowest BCUT2D eigenvalue weighted by Crippen LogP contribution is -1.81. The molecule has 0 saturated carbocycles. The molecule has 0 aliphatic rings. The fourth-order valence-corrected chi connectivity index (χ4v) is 2.84. The molecular weight excluding hydrogens is 246 g/mol. The third-order valence-electron chi connectivity index (χ3n) is 2.81. The first-order valence-corrected chi connectivity index (χ1v) is 6.47. The molecule has 0 saturated heterocycles. The molecule has 0 unspecified atom stereocenters.